The smallest absolute Gasteiger partial charge is 0.270 e. The van der Waals surface area contributed by atoms with Gasteiger partial charge in [0.05, 0.1) is 12.7 Å². The van der Waals surface area contributed by atoms with Gasteiger partial charge in [-0.2, -0.15) is 8.42 Å². The Balaban J connectivity index is 2.63. The van der Waals surface area contributed by atoms with E-state index in [0.29, 0.717) is 12.8 Å². The molecule has 0 spiro atoms. The van der Waals surface area contributed by atoms with Crippen LogP contribution in [-0.4, -0.2) is 40.6 Å². The summed E-state index contributed by atoms with van der Waals surface area (Å²) in [5.41, 5.74) is 0. The molecule has 1 aliphatic carbocycles. The van der Waals surface area contributed by atoms with Crippen molar-refractivity contribution in [2.24, 2.45) is 0 Å². The molecule has 3 N–H and O–H groups in total. The zero-order chi connectivity index (χ0) is 9.41. The summed E-state index contributed by atoms with van der Waals surface area (Å²) in [6.45, 7) is -0.475. The first-order chi connectivity index (χ1) is 5.41. The summed E-state index contributed by atoms with van der Waals surface area (Å²) in [4.78, 5) is 0. The highest BCUT2D eigenvalue weighted by atomic mass is 32.2. The van der Waals surface area contributed by atoms with Crippen molar-refractivity contribution in [3.05, 3.63) is 0 Å². The van der Waals surface area contributed by atoms with Crippen molar-refractivity contribution < 1.29 is 23.2 Å². The van der Waals surface area contributed by atoms with E-state index in [-0.39, 0.29) is 6.42 Å². The maximum absolute atomic E-state index is 10.7. The Bertz CT molecular complexity index is 253. The molecule has 0 aliphatic heterocycles. The van der Waals surface area contributed by atoms with Crippen LogP contribution in [0.25, 0.3) is 0 Å². The maximum Gasteiger partial charge on any atom is 0.270 e. The highest BCUT2D eigenvalue weighted by Crippen LogP contribution is 2.46. The van der Waals surface area contributed by atoms with E-state index in [0.717, 1.165) is 0 Å². The van der Waals surface area contributed by atoms with Gasteiger partial charge in [-0.15, -0.1) is 0 Å². The summed E-state index contributed by atoms with van der Waals surface area (Å²) in [6, 6.07) is 0. The van der Waals surface area contributed by atoms with Gasteiger partial charge in [-0.1, -0.05) is 0 Å². The van der Waals surface area contributed by atoms with Crippen molar-refractivity contribution in [3.63, 3.8) is 0 Å². The summed E-state index contributed by atoms with van der Waals surface area (Å²) in [5.74, 6) is 0. The second kappa shape index (κ2) is 2.95. The van der Waals surface area contributed by atoms with E-state index in [1.807, 2.05) is 0 Å². The lowest BCUT2D eigenvalue weighted by Crippen LogP contribution is -2.29. The van der Waals surface area contributed by atoms with Gasteiger partial charge in [-0.3, -0.25) is 4.55 Å². The van der Waals surface area contributed by atoms with Crippen molar-refractivity contribution in [2.45, 2.75) is 30.1 Å². The Morgan fingerprint density at radius 2 is 1.92 bits per heavy atom. The van der Waals surface area contributed by atoms with E-state index in [1.54, 1.807) is 0 Å². The molecular weight excluding hydrogens is 184 g/mol. The average molecular weight is 196 g/mol. The normalized spacial score (nSPS) is 23.6. The van der Waals surface area contributed by atoms with E-state index in [9.17, 15) is 8.42 Å². The molecule has 0 amide bonds. The largest absolute Gasteiger partial charge is 0.394 e. The maximum atomic E-state index is 10.7. The molecule has 1 fully saturated rings. The molecule has 0 heterocycles. The number of rotatable bonds is 4. The Morgan fingerprint density at radius 3 is 2.17 bits per heavy atom. The minimum absolute atomic E-state index is 0.0810. The second-order valence-corrected chi connectivity index (χ2v) is 5.01. The first-order valence-corrected chi connectivity index (χ1v) is 5.11. The van der Waals surface area contributed by atoms with Gasteiger partial charge in [0.25, 0.3) is 10.1 Å². The molecule has 0 unspecified atom stereocenters. The molecule has 0 radical (unpaired) electrons. The van der Waals surface area contributed by atoms with Gasteiger partial charge < -0.3 is 10.2 Å². The van der Waals surface area contributed by atoms with Crippen molar-refractivity contribution in [2.75, 3.05) is 6.61 Å². The molecule has 1 atom stereocenters. The van der Waals surface area contributed by atoms with Crippen LogP contribution in [0.5, 0.6) is 0 Å². The highest BCUT2D eigenvalue weighted by molar-refractivity contribution is 7.87. The second-order valence-electron chi connectivity index (χ2n) is 3.20. The summed E-state index contributed by atoms with van der Waals surface area (Å²) in [7, 11) is -4.07. The van der Waals surface area contributed by atoms with E-state index < -0.39 is 27.6 Å². The number of hydrogen-bond donors (Lipinski definition) is 3. The van der Waals surface area contributed by atoms with E-state index in [4.69, 9.17) is 14.8 Å². The minimum atomic E-state index is -4.07. The van der Waals surface area contributed by atoms with Crippen LogP contribution in [0.3, 0.4) is 0 Å². The molecule has 72 valence electrons. The molecule has 5 nitrogen and oxygen atoms in total. The Hall–Kier alpha value is -0.170. The molecular formula is C6H12O5S. The van der Waals surface area contributed by atoms with Crippen LogP contribution in [-0.2, 0) is 10.1 Å². The van der Waals surface area contributed by atoms with Gasteiger partial charge in [0.2, 0.25) is 0 Å². The van der Waals surface area contributed by atoms with Gasteiger partial charge in [0.15, 0.2) is 0 Å². The van der Waals surface area contributed by atoms with Gasteiger partial charge in [0, 0.05) is 0 Å². The number of hydrogen-bond acceptors (Lipinski definition) is 4. The van der Waals surface area contributed by atoms with E-state index in [2.05, 4.69) is 0 Å². The van der Waals surface area contributed by atoms with Crippen molar-refractivity contribution in [3.8, 4) is 0 Å². The average Bonchev–Trinajstić information content (AvgIpc) is 2.67. The lowest BCUT2D eigenvalue weighted by atomic mass is 10.2. The molecule has 0 aromatic heterocycles. The quantitative estimate of drug-likeness (QED) is 0.509. The van der Waals surface area contributed by atoms with Gasteiger partial charge in [0.1, 0.15) is 4.75 Å². The molecule has 6 heteroatoms. The summed E-state index contributed by atoms with van der Waals surface area (Å²) in [5, 5.41) is 17.4. The molecule has 1 aliphatic rings. The lowest BCUT2D eigenvalue weighted by Gasteiger charge is -2.14. The minimum Gasteiger partial charge on any atom is -0.394 e. The third-order valence-electron chi connectivity index (χ3n) is 2.17. The predicted octanol–water partition coefficient (Wildman–Crippen LogP) is -0.850. The molecule has 1 rings (SSSR count). The Kier molecular flexibility index (Phi) is 2.44. The van der Waals surface area contributed by atoms with E-state index >= 15 is 0 Å². The zero-order valence-electron chi connectivity index (χ0n) is 6.47. The van der Waals surface area contributed by atoms with Crippen molar-refractivity contribution in [1.82, 2.24) is 0 Å². The number of aliphatic hydroxyl groups excluding tert-OH is 2. The van der Waals surface area contributed by atoms with Crippen LogP contribution in [0, 0.1) is 0 Å². The third-order valence-corrected chi connectivity index (χ3v) is 3.84. The van der Waals surface area contributed by atoms with E-state index in [1.165, 1.54) is 0 Å². The van der Waals surface area contributed by atoms with Crippen LogP contribution in [0.1, 0.15) is 19.3 Å². The van der Waals surface area contributed by atoms with Crippen LogP contribution in [0.2, 0.25) is 0 Å². The molecule has 0 aromatic rings. The standard InChI is InChI=1S/C6H12O5S/c7-4-5(8)3-6(1-2-6)12(9,10)11/h5,7-8H,1-4H2,(H,9,10,11)/t5-/m0/s1. The Labute approximate surface area is 70.8 Å². The third kappa shape index (κ3) is 1.77. The van der Waals surface area contributed by atoms with Gasteiger partial charge in [-0.05, 0) is 19.3 Å². The molecule has 0 saturated heterocycles. The molecule has 0 bridgehead atoms. The fourth-order valence-corrected chi connectivity index (χ4v) is 2.22. The predicted molar refractivity (Wildman–Crippen MR) is 41.2 cm³/mol. The molecule has 12 heavy (non-hydrogen) atoms. The molecule has 1 saturated carbocycles. The SMILES string of the molecule is O=S(=O)(O)C1(C[C@H](O)CO)CC1. The first-order valence-electron chi connectivity index (χ1n) is 3.67. The Morgan fingerprint density at radius 1 is 1.42 bits per heavy atom. The monoisotopic (exact) mass is 196 g/mol. The number of aliphatic hydroxyl groups is 2. The summed E-state index contributed by atoms with van der Waals surface area (Å²) >= 11 is 0. The van der Waals surface area contributed by atoms with Gasteiger partial charge in [-0.25, -0.2) is 0 Å². The topological polar surface area (TPSA) is 94.8 Å². The summed E-state index contributed by atoms with van der Waals surface area (Å²) in [6.07, 6.45) is -0.414. The van der Waals surface area contributed by atoms with Crippen LogP contribution < -0.4 is 0 Å². The van der Waals surface area contributed by atoms with Crippen molar-refractivity contribution in [1.29, 1.82) is 0 Å². The lowest BCUT2D eigenvalue weighted by molar-refractivity contribution is 0.0851. The van der Waals surface area contributed by atoms with Crippen LogP contribution >= 0.6 is 0 Å². The summed E-state index contributed by atoms with van der Waals surface area (Å²) < 4.78 is 29.0. The van der Waals surface area contributed by atoms with Crippen LogP contribution in [0.15, 0.2) is 0 Å². The van der Waals surface area contributed by atoms with Crippen molar-refractivity contribution >= 4 is 10.1 Å². The molecule has 0 aromatic carbocycles. The first kappa shape index (κ1) is 9.91. The van der Waals surface area contributed by atoms with Gasteiger partial charge >= 0.3 is 0 Å². The fraction of sp³-hybridized carbons (Fsp3) is 1.00. The highest BCUT2D eigenvalue weighted by Gasteiger charge is 2.54. The zero-order valence-corrected chi connectivity index (χ0v) is 7.29. The fourth-order valence-electron chi connectivity index (χ4n) is 1.20. The van der Waals surface area contributed by atoms with Crippen LogP contribution in [0.4, 0.5) is 0 Å².